The van der Waals surface area contributed by atoms with Gasteiger partial charge in [-0.05, 0) is 55.5 Å². The fourth-order valence-electron chi connectivity index (χ4n) is 2.96. The molecule has 0 bridgehead atoms. The number of hydrogen-bond acceptors (Lipinski definition) is 5. The number of furan rings is 1. The lowest BCUT2D eigenvalue weighted by Crippen LogP contribution is -2.19. The molecular weight excluding hydrogens is 388 g/mol. The van der Waals surface area contributed by atoms with Gasteiger partial charge >= 0.3 is 6.55 Å². The lowest BCUT2D eigenvalue weighted by Gasteiger charge is -2.09. The summed E-state index contributed by atoms with van der Waals surface area (Å²) in [6.07, 6.45) is 10.7. The molecule has 0 radical (unpaired) electrons. The maximum absolute atomic E-state index is 13.1. The number of rotatable bonds is 4. The molecule has 1 unspecified atom stereocenters. The summed E-state index contributed by atoms with van der Waals surface area (Å²) >= 11 is 5.86. The van der Waals surface area contributed by atoms with Crippen LogP contribution in [0.15, 0.2) is 41.2 Å². The van der Waals surface area contributed by atoms with E-state index in [2.05, 4.69) is 27.4 Å². The van der Waals surface area contributed by atoms with Crippen LogP contribution in [-0.2, 0) is 6.54 Å². The average Bonchev–Trinajstić information content (AvgIpc) is 3.29. The number of aryl methyl sites for hydroxylation is 1. The van der Waals surface area contributed by atoms with E-state index in [-0.39, 0.29) is 16.6 Å². The van der Waals surface area contributed by atoms with Gasteiger partial charge in [-0.25, -0.2) is 4.98 Å². The molecule has 0 aliphatic heterocycles. The molecule has 150 valence electrons. The Morgan fingerprint density at radius 1 is 1.39 bits per heavy atom. The Bertz CT molecular complexity index is 940. The van der Waals surface area contributed by atoms with Crippen LogP contribution in [0.4, 0.5) is 14.6 Å². The number of nitrogens with zero attached hydrogens (tertiary/aromatic N) is 3. The number of anilines is 1. The molecule has 1 atom stereocenters. The quantitative estimate of drug-likeness (QED) is 0.465. The second-order valence-electron chi connectivity index (χ2n) is 6.51. The number of alkyl halides is 2. The van der Waals surface area contributed by atoms with Gasteiger partial charge in [0.2, 0.25) is 5.28 Å². The van der Waals surface area contributed by atoms with Gasteiger partial charge in [-0.2, -0.15) is 13.8 Å². The molecule has 3 heterocycles. The minimum atomic E-state index is -2.69. The van der Waals surface area contributed by atoms with Crippen LogP contribution in [0, 0.1) is 6.92 Å². The first-order chi connectivity index (χ1) is 13.5. The molecule has 0 saturated heterocycles. The number of allylic oxidation sites excluding steroid dienone is 1. The van der Waals surface area contributed by atoms with Gasteiger partial charge in [0, 0.05) is 12.2 Å². The van der Waals surface area contributed by atoms with E-state index in [1.807, 2.05) is 0 Å². The van der Waals surface area contributed by atoms with Crippen LogP contribution < -0.4 is 11.1 Å². The van der Waals surface area contributed by atoms with Crippen molar-refractivity contribution in [3.63, 3.8) is 0 Å². The van der Waals surface area contributed by atoms with Crippen LogP contribution in [0.1, 0.15) is 37.1 Å². The summed E-state index contributed by atoms with van der Waals surface area (Å²) in [5, 5.41) is 2.96. The van der Waals surface area contributed by atoms with E-state index in [0.29, 0.717) is 29.4 Å². The minimum Gasteiger partial charge on any atom is -0.467 e. The Morgan fingerprint density at radius 3 is 2.79 bits per heavy atom. The number of aromatic nitrogens is 3. The summed E-state index contributed by atoms with van der Waals surface area (Å²) in [5.74, 6) is 0.902. The van der Waals surface area contributed by atoms with Crippen molar-refractivity contribution in [2.75, 3.05) is 5.32 Å². The summed E-state index contributed by atoms with van der Waals surface area (Å²) in [7, 11) is 0. The van der Waals surface area contributed by atoms with E-state index < -0.39 is 6.55 Å². The van der Waals surface area contributed by atoms with Crippen molar-refractivity contribution in [3.05, 3.63) is 53.4 Å². The van der Waals surface area contributed by atoms with Crippen LogP contribution in [-0.4, -0.2) is 20.6 Å². The third-order valence-electron chi connectivity index (χ3n) is 4.35. The minimum absolute atomic E-state index is 0.000406. The van der Waals surface area contributed by atoms with E-state index in [1.165, 1.54) is 25.3 Å². The molecule has 3 aromatic rings. The molecule has 28 heavy (non-hydrogen) atoms. The summed E-state index contributed by atoms with van der Waals surface area (Å²) in [6, 6.07) is 3.96. The molecule has 3 N–H and O–H groups in total. The maximum atomic E-state index is 13.1. The van der Waals surface area contributed by atoms with Crippen molar-refractivity contribution < 1.29 is 13.2 Å². The molecule has 1 aliphatic carbocycles. The Labute approximate surface area is 166 Å². The van der Waals surface area contributed by atoms with Gasteiger partial charge in [0.25, 0.3) is 0 Å². The molecular formula is C19H22ClF2N5O. The van der Waals surface area contributed by atoms with Crippen molar-refractivity contribution in [1.29, 1.82) is 0 Å². The molecule has 6 nitrogen and oxygen atoms in total. The predicted octanol–water partition coefficient (Wildman–Crippen LogP) is 5.05. The van der Waals surface area contributed by atoms with Crippen molar-refractivity contribution >= 4 is 28.5 Å². The molecule has 1 aliphatic rings. The number of halogens is 3. The molecule has 0 saturated carbocycles. The maximum Gasteiger partial charge on any atom is 0.319 e. The molecule has 0 fully saturated rings. The predicted molar refractivity (Wildman–Crippen MR) is 106 cm³/mol. The fraction of sp³-hybridized carbons (Fsp3) is 0.368. The Hall–Kier alpha value is -2.45. The summed E-state index contributed by atoms with van der Waals surface area (Å²) in [5.41, 5.74) is 6.81. The zero-order valence-corrected chi connectivity index (χ0v) is 16.2. The fourth-order valence-corrected chi connectivity index (χ4v) is 3.13. The molecule has 0 amide bonds. The third-order valence-corrected chi connectivity index (χ3v) is 4.52. The van der Waals surface area contributed by atoms with Crippen LogP contribution in [0.5, 0.6) is 0 Å². The average molecular weight is 410 g/mol. The zero-order valence-electron chi connectivity index (χ0n) is 15.4. The van der Waals surface area contributed by atoms with Gasteiger partial charge < -0.3 is 15.5 Å². The lowest BCUT2D eigenvalue weighted by molar-refractivity contribution is 0.0751. The van der Waals surface area contributed by atoms with Crippen molar-refractivity contribution in [1.82, 2.24) is 14.5 Å². The Kier molecular flexibility index (Phi) is 6.64. The highest BCUT2D eigenvalue weighted by Gasteiger charge is 2.19. The first-order valence-corrected chi connectivity index (χ1v) is 9.33. The van der Waals surface area contributed by atoms with E-state index in [9.17, 15) is 8.78 Å². The van der Waals surface area contributed by atoms with Gasteiger partial charge in [-0.15, -0.1) is 0 Å². The van der Waals surface area contributed by atoms with E-state index in [0.717, 1.165) is 11.0 Å². The Balaban J connectivity index is 0.000000271. The summed E-state index contributed by atoms with van der Waals surface area (Å²) in [6.45, 7) is -0.681. The van der Waals surface area contributed by atoms with Gasteiger partial charge in [-0.1, -0.05) is 12.2 Å². The van der Waals surface area contributed by atoms with Gasteiger partial charge in [0.05, 0.1) is 18.3 Å². The summed E-state index contributed by atoms with van der Waals surface area (Å²) in [4.78, 5) is 8.03. The SMILES string of the molecule is Cc1cn(C(F)F)c2c(NCc3ccco3)nc(Cl)nc12.NC1CC=CCC1. The number of nitrogens with two attached hydrogens (primary N) is 1. The first-order valence-electron chi connectivity index (χ1n) is 8.95. The van der Waals surface area contributed by atoms with Crippen molar-refractivity contribution in [2.45, 2.75) is 45.3 Å². The lowest BCUT2D eigenvalue weighted by atomic mass is 10.0. The van der Waals surface area contributed by atoms with Gasteiger partial charge in [0.1, 0.15) is 11.3 Å². The normalized spacial score (nSPS) is 16.3. The van der Waals surface area contributed by atoms with Crippen molar-refractivity contribution in [2.24, 2.45) is 5.73 Å². The molecule has 9 heteroatoms. The highest BCUT2D eigenvalue weighted by molar-refractivity contribution is 6.28. The monoisotopic (exact) mass is 409 g/mol. The Morgan fingerprint density at radius 2 is 2.21 bits per heavy atom. The second-order valence-corrected chi connectivity index (χ2v) is 6.85. The largest absolute Gasteiger partial charge is 0.467 e. The van der Waals surface area contributed by atoms with Crippen LogP contribution >= 0.6 is 11.6 Å². The highest BCUT2D eigenvalue weighted by atomic mass is 35.5. The topological polar surface area (TPSA) is 81.9 Å². The van der Waals surface area contributed by atoms with Crippen LogP contribution in [0.3, 0.4) is 0 Å². The number of hydrogen-bond donors (Lipinski definition) is 2. The van der Waals surface area contributed by atoms with E-state index >= 15 is 0 Å². The highest BCUT2D eigenvalue weighted by Crippen LogP contribution is 2.30. The molecule has 3 aromatic heterocycles. The van der Waals surface area contributed by atoms with Crippen molar-refractivity contribution in [3.8, 4) is 0 Å². The summed E-state index contributed by atoms with van der Waals surface area (Å²) < 4.78 is 32.3. The van der Waals surface area contributed by atoms with Gasteiger partial charge in [0.15, 0.2) is 5.82 Å². The van der Waals surface area contributed by atoms with Gasteiger partial charge in [-0.3, -0.25) is 4.57 Å². The third kappa shape index (κ3) is 4.88. The first kappa shape index (κ1) is 20.3. The number of nitrogens with one attached hydrogen (secondary N) is 1. The van der Waals surface area contributed by atoms with E-state index in [1.54, 1.807) is 19.1 Å². The standard InChI is InChI=1S/C13H11ClF2N4O.C6H11N/c1-7-6-20(13(15)16)10-9(7)18-12(14)19-11(10)17-5-8-3-2-4-21-8;7-6-4-2-1-3-5-6/h2-4,6,13H,5H2,1H3,(H,17,18,19);1-2,6H,3-5,7H2. The van der Waals surface area contributed by atoms with E-state index in [4.69, 9.17) is 21.8 Å². The molecule has 0 aromatic carbocycles. The van der Waals surface area contributed by atoms with Crippen LogP contribution in [0.2, 0.25) is 5.28 Å². The van der Waals surface area contributed by atoms with Crippen LogP contribution in [0.25, 0.3) is 11.0 Å². The zero-order chi connectivity index (χ0) is 20.1. The smallest absolute Gasteiger partial charge is 0.319 e. The molecule has 4 rings (SSSR count). The molecule has 0 spiro atoms. The second kappa shape index (κ2) is 9.16. The number of fused-ring (bicyclic) bond motifs is 1.